The lowest BCUT2D eigenvalue weighted by Gasteiger charge is -2.28. The van der Waals surface area contributed by atoms with Crippen molar-refractivity contribution in [1.29, 1.82) is 0 Å². The van der Waals surface area contributed by atoms with Gasteiger partial charge < -0.3 is 4.52 Å². The van der Waals surface area contributed by atoms with Crippen LogP contribution >= 0.6 is 9.47 Å². The second kappa shape index (κ2) is 2.12. The maximum Gasteiger partial charge on any atom is 0.164 e. The highest BCUT2D eigenvalue weighted by molar-refractivity contribution is 7.09. The Kier molecular flexibility index (Phi) is 1.64. The van der Waals surface area contributed by atoms with Crippen molar-refractivity contribution in [1.82, 2.24) is 0 Å². The van der Waals surface area contributed by atoms with Crippen LogP contribution in [-0.4, -0.2) is 11.9 Å². The molecule has 1 fully saturated rings. The van der Waals surface area contributed by atoms with Gasteiger partial charge in [0.05, 0.1) is 0 Å². The molecule has 8 heavy (non-hydrogen) atoms. The van der Waals surface area contributed by atoms with E-state index in [1.54, 1.807) is 0 Å². The molecule has 0 spiro atoms. The molecule has 0 heterocycles. The van der Waals surface area contributed by atoms with Crippen LogP contribution in [0.1, 0.15) is 13.3 Å². The Hall–Kier alpha value is 0.0600. The summed E-state index contributed by atoms with van der Waals surface area (Å²) in [4.78, 5) is 10.7. The lowest BCUT2D eigenvalue weighted by Crippen LogP contribution is -2.40. The summed E-state index contributed by atoms with van der Waals surface area (Å²) >= 11 is 0. The van der Waals surface area contributed by atoms with Gasteiger partial charge in [0.2, 0.25) is 0 Å². The first-order chi connectivity index (χ1) is 3.75. The van der Waals surface area contributed by atoms with Gasteiger partial charge in [0.25, 0.3) is 0 Å². The summed E-state index contributed by atoms with van der Waals surface area (Å²) in [5.41, 5.74) is 0. The number of ketones is 1. The Labute approximate surface area is 50.9 Å². The highest BCUT2D eigenvalue weighted by atomic mass is 31.0. The molecule has 0 bridgehead atoms. The third-order valence-electron chi connectivity index (χ3n) is 1.53. The molecule has 1 aliphatic rings. The van der Waals surface area contributed by atoms with E-state index in [0.717, 1.165) is 6.42 Å². The minimum atomic E-state index is -0.116. The van der Waals surface area contributed by atoms with Crippen molar-refractivity contribution < 1.29 is 9.32 Å². The van der Waals surface area contributed by atoms with Crippen molar-refractivity contribution in [3.63, 3.8) is 0 Å². The number of rotatable bonds is 1. The molecule has 1 rings (SSSR count). The van der Waals surface area contributed by atoms with Gasteiger partial charge in [-0.1, -0.05) is 6.92 Å². The van der Waals surface area contributed by atoms with E-state index < -0.39 is 0 Å². The van der Waals surface area contributed by atoms with Crippen molar-refractivity contribution in [2.45, 2.75) is 19.4 Å². The number of carbonyl (C=O) groups is 1. The normalized spacial score (nSPS) is 37.0. The van der Waals surface area contributed by atoms with Crippen molar-refractivity contribution >= 4 is 15.2 Å². The van der Waals surface area contributed by atoms with E-state index in [1.807, 2.05) is 6.92 Å². The number of hydrogen-bond donors (Lipinski definition) is 0. The van der Waals surface area contributed by atoms with Gasteiger partial charge in [0.1, 0.15) is 6.10 Å². The molecular formula is C5H9O2P. The van der Waals surface area contributed by atoms with E-state index in [0.29, 0.717) is 0 Å². The molecule has 2 nitrogen and oxygen atoms in total. The van der Waals surface area contributed by atoms with Crippen molar-refractivity contribution in [3.8, 4) is 0 Å². The third kappa shape index (κ3) is 0.785. The molecule has 1 saturated carbocycles. The van der Waals surface area contributed by atoms with Gasteiger partial charge in [0.15, 0.2) is 5.78 Å². The van der Waals surface area contributed by atoms with Crippen molar-refractivity contribution in [2.75, 3.05) is 0 Å². The molecule has 3 heteroatoms. The molecule has 0 N–H and O–H groups in total. The predicted octanol–water partition coefficient (Wildman–Crippen LogP) is 0.771. The van der Waals surface area contributed by atoms with Crippen LogP contribution < -0.4 is 0 Å². The molecule has 0 aromatic heterocycles. The van der Waals surface area contributed by atoms with E-state index in [2.05, 4.69) is 9.47 Å². The van der Waals surface area contributed by atoms with Crippen LogP contribution in [0.25, 0.3) is 0 Å². The lowest BCUT2D eigenvalue weighted by atomic mass is 9.83. The Morgan fingerprint density at radius 1 is 1.88 bits per heavy atom. The molecule has 1 aliphatic carbocycles. The highest BCUT2D eigenvalue weighted by Crippen LogP contribution is 2.26. The molecular weight excluding hydrogens is 123 g/mol. The second-order valence-electron chi connectivity index (χ2n) is 2.16. The van der Waals surface area contributed by atoms with Crippen LogP contribution in [0.5, 0.6) is 0 Å². The summed E-state index contributed by atoms with van der Waals surface area (Å²) < 4.78 is 4.74. The molecule has 0 amide bonds. The summed E-state index contributed by atoms with van der Waals surface area (Å²) in [5.74, 6) is 0.473. The molecule has 0 aliphatic heterocycles. The summed E-state index contributed by atoms with van der Waals surface area (Å²) in [6.07, 6.45) is 0.775. The van der Waals surface area contributed by atoms with Gasteiger partial charge >= 0.3 is 0 Å². The molecule has 3 unspecified atom stereocenters. The fourth-order valence-electron chi connectivity index (χ4n) is 0.833. The van der Waals surface area contributed by atoms with E-state index in [9.17, 15) is 4.79 Å². The Bertz CT molecular complexity index is 113. The first kappa shape index (κ1) is 6.18. The molecule has 0 radical (unpaired) electrons. The predicted molar refractivity (Wildman–Crippen MR) is 33.4 cm³/mol. The summed E-state index contributed by atoms with van der Waals surface area (Å²) in [6.45, 7) is 1.92. The zero-order valence-electron chi connectivity index (χ0n) is 4.76. The SMILES string of the molecule is CC1CC(OP)C1=O. The fraction of sp³-hybridized carbons (Fsp3) is 0.800. The van der Waals surface area contributed by atoms with Crippen molar-refractivity contribution in [3.05, 3.63) is 0 Å². The quantitative estimate of drug-likeness (QED) is 0.492. The van der Waals surface area contributed by atoms with E-state index in [1.165, 1.54) is 0 Å². The van der Waals surface area contributed by atoms with Crippen molar-refractivity contribution in [2.24, 2.45) is 5.92 Å². The Balaban J connectivity index is 2.36. The lowest BCUT2D eigenvalue weighted by molar-refractivity contribution is -0.138. The first-order valence-corrected chi connectivity index (χ1v) is 3.12. The molecule has 46 valence electrons. The van der Waals surface area contributed by atoms with Gasteiger partial charge in [-0.05, 0) is 6.42 Å². The topological polar surface area (TPSA) is 26.3 Å². The third-order valence-corrected chi connectivity index (χ3v) is 1.86. The number of hydrogen-bond acceptors (Lipinski definition) is 2. The smallest absolute Gasteiger partial charge is 0.164 e. The van der Waals surface area contributed by atoms with E-state index >= 15 is 0 Å². The zero-order valence-corrected chi connectivity index (χ0v) is 5.91. The van der Waals surface area contributed by atoms with Crippen LogP contribution in [0, 0.1) is 5.92 Å². The van der Waals surface area contributed by atoms with Crippen LogP contribution in [0.4, 0.5) is 0 Å². The average molecular weight is 132 g/mol. The second-order valence-corrected chi connectivity index (χ2v) is 2.44. The molecule has 0 aromatic carbocycles. The highest BCUT2D eigenvalue weighted by Gasteiger charge is 2.35. The number of carbonyl (C=O) groups excluding carboxylic acids is 1. The largest absolute Gasteiger partial charge is 0.355 e. The Morgan fingerprint density at radius 2 is 2.50 bits per heavy atom. The van der Waals surface area contributed by atoms with Gasteiger partial charge in [-0.15, -0.1) is 0 Å². The van der Waals surface area contributed by atoms with Crippen LogP contribution in [0.15, 0.2) is 0 Å². The minimum Gasteiger partial charge on any atom is -0.355 e. The zero-order chi connectivity index (χ0) is 6.15. The Morgan fingerprint density at radius 3 is 2.62 bits per heavy atom. The minimum absolute atomic E-state index is 0.116. The van der Waals surface area contributed by atoms with E-state index in [-0.39, 0.29) is 17.8 Å². The van der Waals surface area contributed by atoms with Gasteiger partial charge in [-0.2, -0.15) is 0 Å². The summed E-state index contributed by atoms with van der Waals surface area (Å²) in [5, 5.41) is 0. The first-order valence-electron chi connectivity index (χ1n) is 2.65. The maximum atomic E-state index is 10.7. The summed E-state index contributed by atoms with van der Waals surface area (Å²) in [6, 6.07) is 0. The van der Waals surface area contributed by atoms with Gasteiger partial charge in [-0.25, -0.2) is 0 Å². The van der Waals surface area contributed by atoms with E-state index in [4.69, 9.17) is 4.52 Å². The number of Topliss-reactive ketones (excluding diaryl/α,β-unsaturated/α-hetero) is 1. The standard InChI is InChI=1S/C5H9O2P/c1-3-2-4(7-8)5(3)6/h3-4H,2,8H2,1H3. The average Bonchev–Trinajstić information content (AvgIpc) is 1.81. The fourth-order valence-corrected chi connectivity index (χ4v) is 1.08. The van der Waals surface area contributed by atoms with Gasteiger partial charge in [0, 0.05) is 15.4 Å². The van der Waals surface area contributed by atoms with Crippen LogP contribution in [-0.2, 0) is 9.32 Å². The summed E-state index contributed by atoms with van der Waals surface area (Å²) in [7, 11) is 2.11. The van der Waals surface area contributed by atoms with Crippen LogP contribution in [0.2, 0.25) is 0 Å². The maximum absolute atomic E-state index is 10.7. The molecule has 0 saturated heterocycles. The molecule has 3 atom stereocenters. The van der Waals surface area contributed by atoms with Gasteiger partial charge in [-0.3, -0.25) is 4.79 Å². The monoisotopic (exact) mass is 132 g/mol. The van der Waals surface area contributed by atoms with Crippen LogP contribution in [0.3, 0.4) is 0 Å². The molecule has 0 aromatic rings.